The molecule has 1 saturated heterocycles. The first-order chi connectivity index (χ1) is 7.29. The summed E-state index contributed by atoms with van der Waals surface area (Å²) in [7, 11) is 2.36. The molecule has 0 saturated carbocycles. The van der Waals surface area contributed by atoms with Crippen LogP contribution in [-0.4, -0.2) is 34.7 Å². The number of nitrogens with zero attached hydrogens (tertiary/aromatic N) is 1. The smallest absolute Gasteiger partial charge is 0.243 e. The van der Waals surface area contributed by atoms with Gasteiger partial charge in [-0.3, -0.25) is 9.88 Å². The van der Waals surface area contributed by atoms with Gasteiger partial charge in [0.1, 0.15) is 6.29 Å². The van der Waals surface area contributed by atoms with E-state index in [2.05, 4.69) is 14.5 Å². The van der Waals surface area contributed by atoms with Crippen LogP contribution in [0.3, 0.4) is 0 Å². The van der Waals surface area contributed by atoms with Crippen molar-refractivity contribution in [3.8, 4) is 0 Å². The van der Waals surface area contributed by atoms with Crippen molar-refractivity contribution in [2.24, 2.45) is 5.92 Å². The molecular formula is C11H21N2O2P. The summed E-state index contributed by atoms with van der Waals surface area (Å²) in [5.41, 5.74) is -1.31. The predicted molar refractivity (Wildman–Crippen MR) is 66.9 cm³/mol. The summed E-state index contributed by atoms with van der Waals surface area (Å²) in [6.45, 7) is 8.15. The van der Waals surface area contributed by atoms with Crippen molar-refractivity contribution in [1.29, 1.82) is 0 Å². The summed E-state index contributed by atoms with van der Waals surface area (Å²) >= 11 is 0. The van der Waals surface area contributed by atoms with Gasteiger partial charge in [-0.1, -0.05) is 16.3 Å². The average Bonchev–Trinajstić information content (AvgIpc) is 2.55. The number of carbonyl (C=O) groups is 2. The SMILES string of the molecule is CC1CCN(C(=O)C(C)(C)NP)C1(C)C=O. The van der Waals surface area contributed by atoms with Crippen LogP contribution in [-0.2, 0) is 9.59 Å². The number of rotatable bonds is 3. The van der Waals surface area contributed by atoms with Crippen molar-refractivity contribution in [3.63, 3.8) is 0 Å². The zero-order chi connectivity index (χ0) is 12.6. The molecule has 1 rings (SSSR count). The number of likely N-dealkylation sites (tertiary alicyclic amines) is 1. The van der Waals surface area contributed by atoms with E-state index < -0.39 is 11.1 Å². The van der Waals surface area contributed by atoms with Gasteiger partial charge in [0.25, 0.3) is 0 Å². The van der Waals surface area contributed by atoms with E-state index in [1.807, 2.05) is 27.7 Å². The lowest BCUT2D eigenvalue weighted by Gasteiger charge is -2.38. The molecule has 0 aromatic rings. The van der Waals surface area contributed by atoms with Crippen molar-refractivity contribution >= 4 is 21.6 Å². The molecule has 5 heteroatoms. The molecule has 1 aliphatic rings. The van der Waals surface area contributed by atoms with E-state index in [9.17, 15) is 9.59 Å². The lowest BCUT2D eigenvalue weighted by atomic mass is 9.88. The molecule has 0 bridgehead atoms. The molecule has 0 aromatic carbocycles. The van der Waals surface area contributed by atoms with E-state index >= 15 is 0 Å². The Morgan fingerprint density at radius 2 is 2.19 bits per heavy atom. The van der Waals surface area contributed by atoms with Gasteiger partial charge in [-0.2, -0.15) is 0 Å². The van der Waals surface area contributed by atoms with Crippen LogP contribution in [0.4, 0.5) is 0 Å². The minimum absolute atomic E-state index is 0.0264. The third-order valence-corrected chi connectivity index (χ3v) is 4.47. The molecule has 3 atom stereocenters. The average molecular weight is 244 g/mol. The number of hydrogen-bond donors (Lipinski definition) is 1. The van der Waals surface area contributed by atoms with Gasteiger partial charge in [-0.05, 0) is 33.1 Å². The fraction of sp³-hybridized carbons (Fsp3) is 0.818. The van der Waals surface area contributed by atoms with Gasteiger partial charge in [0.05, 0.1) is 11.1 Å². The normalized spacial score (nSPS) is 30.6. The first-order valence-electron chi connectivity index (χ1n) is 5.55. The zero-order valence-electron chi connectivity index (χ0n) is 10.4. The van der Waals surface area contributed by atoms with Crippen LogP contribution in [0.2, 0.25) is 0 Å². The standard InChI is InChI=1S/C11H21N2O2P/c1-8-5-6-13(11(8,4)7-14)9(15)10(2,3)12-16/h7-8,12H,5-6,16H2,1-4H3. The number of carbonyl (C=O) groups excluding carboxylic acids is 2. The van der Waals surface area contributed by atoms with Gasteiger partial charge in [0.15, 0.2) is 0 Å². The van der Waals surface area contributed by atoms with Crippen LogP contribution in [0.1, 0.15) is 34.1 Å². The summed E-state index contributed by atoms with van der Waals surface area (Å²) in [6.07, 6.45) is 1.79. The van der Waals surface area contributed by atoms with Crippen molar-refractivity contribution in [2.45, 2.75) is 45.2 Å². The minimum Gasteiger partial charge on any atom is -0.329 e. The number of aldehydes is 1. The number of nitrogens with one attached hydrogen (secondary N) is 1. The summed E-state index contributed by atoms with van der Waals surface area (Å²) in [5.74, 6) is 0.190. The lowest BCUT2D eigenvalue weighted by molar-refractivity contribution is -0.144. The van der Waals surface area contributed by atoms with Gasteiger partial charge >= 0.3 is 0 Å². The van der Waals surface area contributed by atoms with Gasteiger partial charge < -0.3 is 9.69 Å². The van der Waals surface area contributed by atoms with Crippen LogP contribution >= 0.6 is 9.39 Å². The maximum atomic E-state index is 12.3. The molecule has 16 heavy (non-hydrogen) atoms. The van der Waals surface area contributed by atoms with E-state index in [4.69, 9.17) is 0 Å². The van der Waals surface area contributed by atoms with Crippen molar-refractivity contribution in [1.82, 2.24) is 9.99 Å². The molecule has 0 aliphatic carbocycles. The quantitative estimate of drug-likeness (QED) is 0.594. The second kappa shape index (κ2) is 4.42. The fourth-order valence-corrected chi connectivity index (χ4v) is 2.14. The predicted octanol–water partition coefficient (Wildman–Crippen LogP) is 0.971. The second-order valence-electron chi connectivity index (χ2n) is 5.26. The molecule has 4 nitrogen and oxygen atoms in total. The first-order valence-corrected chi connectivity index (χ1v) is 6.13. The van der Waals surface area contributed by atoms with E-state index in [0.29, 0.717) is 6.54 Å². The van der Waals surface area contributed by atoms with Crippen molar-refractivity contribution in [3.05, 3.63) is 0 Å². The van der Waals surface area contributed by atoms with Gasteiger partial charge in [0, 0.05) is 6.54 Å². The summed E-state index contributed by atoms with van der Waals surface area (Å²) in [6, 6.07) is 0. The monoisotopic (exact) mass is 244 g/mol. The molecule has 1 fully saturated rings. The van der Waals surface area contributed by atoms with E-state index in [1.165, 1.54) is 0 Å². The van der Waals surface area contributed by atoms with Crippen molar-refractivity contribution in [2.75, 3.05) is 6.54 Å². The van der Waals surface area contributed by atoms with E-state index in [-0.39, 0.29) is 11.8 Å². The van der Waals surface area contributed by atoms with Crippen LogP contribution in [0, 0.1) is 5.92 Å². The molecule has 1 heterocycles. The summed E-state index contributed by atoms with van der Waals surface area (Å²) < 4.78 is 0. The third-order valence-electron chi connectivity index (χ3n) is 3.74. The third kappa shape index (κ3) is 2.01. The first kappa shape index (κ1) is 13.6. The highest BCUT2D eigenvalue weighted by molar-refractivity contribution is 7.13. The van der Waals surface area contributed by atoms with Crippen LogP contribution in [0.15, 0.2) is 0 Å². The van der Waals surface area contributed by atoms with Gasteiger partial charge in [-0.25, -0.2) is 0 Å². The molecule has 0 spiro atoms. The molecule has 1 N–H and O–H groups in total. The van der Waals surface area contributed by atoms with Crippen molar-refractivity contribution < 1.29 is 9.59 Å². The molecule has 0 radical (unpaired) electrons. The van der Waals surface area contributed by atoms with Crippen LogP contribution < -0.4 is 5.09 Å². The maximum Gasteiger partial charge on any atom is 0.243 e. The largest absolute Gasteiger partial charge is 0.329 e. The Morgan fingerprint density at radius 1 is 1.62 bits per heavy atom. The maximum absolute atomic E-state index is 12.3. The Morgan fingerprint density at radius 3 is 2.62 bits per heavy atom. The Kier molecular flexibility index (Phi) is 3.76. The second-order valence-corrected chi connectivity index (χ2v) is 5.55. The Labute approximate surface area is 99.4 Å². The van der Waals surface area contributed by atoms with E-state index in [0.717, 1.165) is 12.7 Å². The highest BCUT2D eigenvalue weighted by Crippen LogP contribution is 2.34. The number of amides is 1. The molecule has 1 aliphatic heterocycles. The highest BCUT2D eigenvalue weighted by atomic mass is 31.0. The van der Waals surface area contributed by atoms with Crippen LogP contribution in [0.25, 0.3) is 0 Å². The fourth-order valence-electron chi connectivity index (χ4n) is 2.02. The summed E-state index contributed by atoms with van der Waals surface area (Å²) in [5, 5.41) is 2.90. The van der Waals surface area contributed by atoms with Gasteiger partial charge in [0.2, 0.25) is 5.91 Å². The number of hydrogen-bond acceptors (Lipinski definition) is 3. The molecular weight excluding hydrogens is 223 g/mol. The molecule has 1 amide bonds. The highest BCUT2D eigenvalue weighted by Gasteiger charge is 2.48. The topological polar surface area (TPSA) is 49.4 Å². The lowest BCUT2D eigenvalue weighted by Crippen LogP contribution is -2.58. The Bertz CT molecular complexity index is 306. The van der Waals surface area contributed by atoms with E-state index in [1.54, 1.807) is 4.90 Å². The van der Waals surface area contributed by atoms with Gasteiger partial charge in [-0.15, -0.1) is 0 Å². The minimum atomic E-state index is -0.657. The Balaban J connectivity index is 2.98. The zero-order valence-corrected chi connectivity index (χ0v) is 11.6. The summed E-state index contributed by atoms with van der Waals surface area (Å²) in [4.78, 5) is 25.3. The molecule has 0 aromatic heterocycles. The van der Waals surface area contributed by atoms with Crippen LogP contribution in [0.5, 0.6) is 0 Å². The molecule has 92 valence electrons. The Hall–Kier alpha value is -0.470. The molecule has 3 unspecified atom stereocenters.